The van der Waals surface area contributed by atoms with E-state index in [1.165, 1.54) is 0 Å². The zero-order valence-electron chi connectivity index (χ0n) is 11.1. The van der Waals surface area contributed by atoms with Crippen molar-refractivity contribution in [2.24, 2.45) is 23.3 Å². The van der Waals surface area contributed by atoms with Gasteiger partial charge < -0.3 is 11.5 Å². The summed E-state index contributed by atoms with van der Waals surface area (Å²) >= 11 is 0. The van der Waals surface area contributed by atoms with Crippen LogP contribution in [0, 0.1) is 11.8 Å². The van der Waals surface area contributed by atoms with Gasteiger partial charge >= 0.3 is 0 Å². The summed E-state index contributed by atoms with van der Waals surface area (Å²) in [5.41, 5.74) is 12.0. The Morgan fingerprint density at radius 2 is 1.06 bits per heavy atom. The Bertz CT molecular complexity index is 145. The fourth-order valence-electron chi connectivity index (χ4n) is 1.62. The molecule has 0 aliphatic rings. The summed E-state index contributed by atoms with van der Waals surface area (Å²) in [4.78, 5) is 0. The lowest BCUT2D eigenvalue weighted by atomic mass is 10.1. The third-order valence-corrected chi connectivity index (χ3v) is 4.81. The lowest BCUT2D eigenvalue weighted by molar-refractivity contribution is 0.524. The Hall–Kier alpha value is 0.620. The van der Waals surface area contributed by atoms with Crippen LogP contribution in [-0.4, -0.2) is 23.6 Å². The zero-order valence-corrected chi connectivity index (χ0v) is 12.7. The van der Waals surface area contributed by atoms with Gasteiger partial charge in [0.15, 0.2) is 0 Å². The van der Waals surface area contributed by atoms with Gasteiger partial charge in [-0.05, 0) is 24.7 Å². The highest BCUT2D eigenvalue weighted by molar-refractivity contribution is 8.76. The summed E-state index contributed by atoms with van der Waals surface area (Å²) < 4.78 is 0. The van der Waals surface area contributed by atoms with Gasteiger partial charge in [-0.25, -0.2) is 0 Å². The van der Waals surface area contributed by atoms with E-state index in [4.69, 9.17) is 11.5 Å². The van der Waals surface area contributed by atoms with Crippen molar-refractivity contribution in [1.82, 2.24) is 0 Å². The predicted octanol–water partition coefficient (Wildman–Crippen LogP) is 3.11. The molecule has 0 bridgehead atoms. The van der Waals surface area contributed by atoms with Gasteiger partial charge in [-0.15, -0.1) is 0 Å². The topological polar surface area (TPSA) is 52.0 Å². The van der Waals surface area contributed by atoms with Crippen molar-refractivity contribution >= 4 is 21.6 Å². The quantitative estimate of drug-likeness (QED) is 0.496. The van der Waals surface area contributed by atoms with E-state index in [0.29, 0.717) is 23.9 Å². The molecule has 0 rings (SSSR count). The van der Waals surface area contributed by atoms with E-state index in [0.717, 1.165) is 24.3 Å². The van der Waals surface area contributed by atoms with Gasteiger partial charge in [-0.3, -0.25) is 0 Å². The van der Waals surface area contributed by atoms with Crippen molar-refractivity contribution in [2.75, 3.05) is 11.5 Å². The molecule has 2 atom stereocenters. The van der Waals surface area contributed by atoms with Crippen LogP contribution in [0.5, 0.6) is 0 Å². The Morgan fingerprint density at radius 1 is 0.750 bits per heavy atom. The van der Waals surface area contributed by atoms with Crippen LogP contribution >= 0.6 is 21.6 Å². The van der Waals surface area contributed by atoms with Gasteiger partial charge in [0.1, 0.15) is 0 Å². The molecule has 0 aliphatic heterocycles. The molecule has 0 aliphatic carbocycles. The molecule has 0 aromatic heterocycles. The summed E-state index contributed by atoms with van der Waals surface area (Å²) in [6.45, 7) is 8.87. The molecule has 0 radical (unpaired) electrons. The highest BCUT2D eigenvalue weighted by Gasteiger charge is 2.08. The fourth-order valence-corrected chi connectivity index (χ4v) is 4.06. The molecule has 0 spiro atoms. The van der Waals surface area contributed by atoms with Crippen molar-refractivity contribution < 1.29 is 0 Å². The van der Waals surface area contributed by atoms with E-state index >= 15 is 0 Å². The van der Waals surface area contributed by atoms with E-state index in [1.54, 1.807) is 0 Å². The lowest BCUT2D eigenvalue weighted by Crippen LogP contribution is -2.26. The first kappa shape index (κ1) is 16.6. The van der Waals surface area contributed by atoms with Crippen LogP contribution in [0.15, 0.2) is 0 Å². The monoisotopic (exact) mass is 264 g/mol. The van der Waals surface area contributed by atoms with Gasteiger partial charge in [0, 0.05) is 23.6 Å². The summed E-state index contributed by atoms with van der Waals surface area (Å²) in [6.07, 6.45) is 2.23. The van der Waals surface area contributed by atoms with E-state index in [1.807, 2.05) is 21.6 Å². The largest absolute Gasteiger partial charge is 0.327 e. The molecule has 16 heavy (non-hydrogen) atoms. The van der Waals surface area contributed by atoms with Crippen molar-refractivity contribution in [2.45, 2.75) is 52.6 Å². The van der Waals surface area contributed by atoms with Gasteiger partial charge in [0.05, 0.1) is 0 Å². The smallest absolute Gasteiger partial charge is 0.0189 e. The Labute approximate surface area is 109 Å². The normalized spacial score (nSPS) is 15.8. The fraction of sp³-hybridized carbons (Fsp3) is 1.00. The number of nitrogens with two attached hydrogens (primary N) is 2. The molecule has 1 unspecified atom stereocenters. The van der Waals surface area contributed by atoms with Crippen molar-refractivity contribution in [3.8, 4) is 0 Å². The minimum Gasteiger partial charge on any atom is -0.327 e. The third-order valence-electron chi connectivity index (χ3n) is 2.20. The first-order valence-electron chi connectivity index (χ1n) is 6.17. The summed E-state index contributed by atoms with van der Waals surface area (Å²) in [5, 5.41) is 0. The molecular weight excluding hydrogens is 236 g/mol. The lowest BCUT2D eigenvalue weighted by Gasteiger charge is -2.15. The molecule has 4 heteroatoms. The first-order chi connectivity index (χ1) is 7.41. The molecular formula is C12H28N2S2. The second kappa shape index (κ2) is 9.63. The molecule has 2 nitrogen and oxygen atoms in total. The molecule has 0 aromatic rings. The van der Waals surface area contributed by atoms with Crippen molar-refractivity contribution in [3.05, 3.63) is 0 Å². The van der Waals surface area contributed by atoms with E-state index in [2.05, 4.69) is 27.7 Å². The van der Waals surface area contributed by atoms with E-state index in [-0.39, 0.29) is 0 Å². The van der Waals surface area contributed by atoms with Crippen LogP contribution in [0.4, 0.5) is 0 Å². The summed E-state index contributed by atoms with van der Waals surface area (Å²) in [7, 11) is 3.74. The molecule has 0 saturated heterocycles. The molecule has 0 saturated carbocycles. The molecule has 4 N–H and O–H groups in total. The zero-order chi connectivity index (χ0) is 12.6. The SMILES string of the molecule is CC(C)CC(N)CSSC[C@H](N)CC(C)C. The summed E-state index contributed by atoms with van der Waals surface area (Å²) in [5.74, 6) is 3.47. The number of hydrogen-bond donors (Lipinski definition) is 2. The second-order valence-electron chi connectivity index (χ2n) is 5.35. The van der Waals surface area contributed by atoms with E-state index in [9.17, 15) is 0 Å². The Morgan fingerprint density at radius 3 is 1.31 bits per heavy atom. The second-order valence-corrected chi connectivity index (χ2v) is 7.90. The van der Waals surface area contributed by atoms with Gasteiger partial charge in [-0.2, -0.15) is 0 Å². The van der Waals surface area contributed by atoms with Crippen LogP contribution in [0.3, 0.4) is 0 Å². The van der Waals surface area contributed by atoms with Crippen LogP contribution in [0.1, 0.15) is 40.5 Å². The van der Waals surface area contributed by atoms with Gasteiger partial charge in [0.2, 0.25) is 0 Å². The molecule has 0 aromatic carbocycles. The molecule has 0 amide bonds. The van der Waals surface area contributed by atoms with E-state index < -0.39 is 0 Å². The summed E-state index contributed by atoms with van der Waals surface area (Å²) in [6, 6.07) is 0.664. The average Bonchev–Trinajstić information content (AvgIpc) is 2.10. The minimum atomic E-state index is 0.332. The van der Waals surface area contributed by atoms with Crippen molar-refractivity contribution in [1.29, 1.82) is 0 Å². The highest BCUT2D eigenvalue weighted by atomic mass is 33.1. The molecule has 0 heterocycles. The van der Waals surface area contributed by atoms with Gasteiger partial charge in [-0.1, -0.05) is 49.3 Å². The standard InChI is InChI=1S/C12H28N2S2/c1-9(2)5-11(13)7-15-16-8-12(14)6-10(3)4/h9-12H,5-8,13-14H2,1-4H3/t11-,12?/m1/s1. The number of rotatable bonds is 9. The maximum atomic E-state index is 6.01. The van der Waals surface area contributed by atoms with Gasteiger partial charge in [0.25, 0.3) is 0 Å². The van der Waals surface area contributed by atoms with Crippen LogP contribution in [0.25, 0.3) is 0 Å². The predicted molar refractivity (Wildman–Crippen MR) is 79.8 cm³/mol. The highest BCUT2D eigenvalue weighted by Crippen LogP contribution is 2.24. The Kier molecular flexibility index (Phi) is 10.0. The Balaban J connectivity index is 3.38. The van der Waals surface area contributed by atoms with Crippen molar-refractivity contribution in [3.63, 3.8) is 0 Å². The van der Waals surface area contributed by atoms with Crippen LogP contribution in [-0.2, 0) is 0 Å². The maximum Gasteiger partial charge on any atom is 0.0189 e. The third kappa shape index (κ3) is 11.1. The maximum absolute atomic E-state index is 6.01. The number of hydrogen-bond acceptors (Lipinski definition) is 4. The van der Waals surface area contributed by atoms with Crippen LogP contribution in [0.2, 0.25) is 0 Å². The minimum absolute atomic E-state index is 0.332. The van der Waals surface area contributed by atoms with Crippen LogP contribution < -0.4 is 11.5 Å². The average molecular weight is 265 g/mol. The molecule has 98 valence electrons. The first-order valence-corrected chi connectivity index (χ1v) is 8.66. The molecule has 0 fully saturated rings.